The van der Waals surface area contributed by atoms with Crippen molar-refractivity contribution in [1.29, 1.82) is 0 Å². The summed E-state index contributed by atoms with van der Waals surface area (Å²) >= 11 is 0. The predicted octanol–water partition coefficient (Wildman–Crippen LogP) is 1.58. The van der Waals surface area contributed by atoms with Gasteiger partial charge in [-0.25, -0.2) is 0 Å². The van der Waals surface area contributed by atoms with Crippen molar-refractivity contribution < 1.29 is 9.47 Å². The van der Waals surface area contributed by atoms with Gasteiger partial charge >= 0.3 is 0 Å². The highest BCUT2D eigenvalue weighted by atomic mass is 16.5. The van der Waals surface area contributed by atoms with E-state index in [1.54, 1.807) is 38.7 Å². The number of hydrogen-bond acceptors (Lipinski definition) is 5. The first-order valence-electron chi connectivity index (χ1n) is 6.27. The third-order valence-electron chi connectivity index (χ3n) is 3.06. The summed E-state index contributed by atoms with van der Waals surface area (Å²) in [7, 11) is 3.22. The molecular formula is C15H19N3O2. The molecule has 2 rings (SSSR count). The van der Waals surface area contributed by atoms with E-state index in [-0.39, 0.29) is 0 Å². The van der Waals surface area contributed by atoms with E-state index in [9.17, 15) is 0 Å². The number of rotatable bonds is 4. The van der Waals surface area contributed by atoms with Crippen molar-refractivity contribution in [2.45, 2.75) is 12.1 Å². The smallest absolute Gasteiger partial charge is 0.130 e. The molecule has 0 aromatic heterocycles. The van der Waals surface area contributed by atoms with E-state index < -0.39 is 5.66 Å². The maximum Gasteiger partial charge on any atom is 0.130 e. The summed E-state index contributed by atoms with van der Waals surface area (Å²) in [5, 5.41) is 0. The third-order valence-corrected chi connectivity index (χ3v) is 3.06. The normalized spacial score (nSPS) is 21.9. The van der Waals surface area contributed by atoms with Crippen LogP contribution in [0.3, 0.4) is 0 Å². The molecule has 0 spiro atoms. The van der Waals surface area contributed by atoms with Crippen LogP contribution in [0.4, 0.5) is 0 Å². The first kappa shape index (κ1) is 14.1. The molecule has 0 saturated heterocycles. The molecule has 5 heteroatoms. The van der Waals surface area contributed by atoms with Crippen molar-refractivity contribution in [3.05, 3.63) is 47.7 Å². The lowest BCUT2D eigenvalue weighted by Crippen LogP contribution is -2.36. The molecule has 0 saturated carbocycles. The van der Waals surface area contributed by atoms with Gasteiger partial charge in [0.05, 0.1) is 14.2 Å². The van der Waals surface area contributed by atoms with Crippen LogP contribution in [0.2, 0.25) is 0 Å². The SMILES string of the molecule is COc1cc(C=NC2(N)C=CC(N)=CC2)cc(OC)c1. The molecule has 106 valence electrons. The summed E-state index contributed by atoms with van der Waals surface area (Å²) in [6, 6.07) is 5.54. The Kier molecular flexibility index (Phi) is 4.10. The van der Waals surface area contributed by atoms with Gasteiger partial charge in [-0.15, -0.1) is 0 Å². The molecule has 1 atom stereocenters. The van der Waals surface area contributed by atoms with Gasteiger partial charge in [0, 0.05) is 24.4 Å². The molecule has 0 bridgehead atoms. The lowest BCUT2D eigenvalue weighted by atomic mass is 10.0. The lowest BCUT2D eigenvalue weighted by Gasteiger charge is -2.22. The molecule has 1 aliphatic rings. The molecule has 4 N–H and O–H groups in total. The van der Waals surface area contributed by atoms with E-state index in [4.69, 9.17) is 20.9 Å². The number of allylic oxidation sites excluding steroid dienone is 1. The highest BCUT2D eigenvalue weighted by Crippen LogP contribution is 2.23. The van der Waals surface area contributed by atoms with Gasteiger partial charge in [0.15, 0.2) is 0 Å². The van der Waals surface area contributed by atoms with Crippen LogP contribution in [0.5, 0.6) is 11.5 Å². The van der Waals surface area contributed by atoms with E-state index in [0.29, 0.717) is 23.6 Å². The van der Waals surface area contributed by atoms with Gasteiger partial charge in [-0.05, 0) is 29.8 Å². The fourth-order valence-corrected chi connectivity index (χ4v) is 1.85. The van der Waals surface area contributed by atoms with E-state index in [2.05, 4.69) is 4.99 Å². The monoisotopic (exact) mass is 273 g/mol. The minimum atomic E-state index is -0.751. The van der Waals surface area contributed by atoms with Crippen LogP contribution in [0.1, 0.15) is 12.0 Å². The molecule has 1 aromatic rings. The van der Waals surface area contributed by atoms with Crippen molar-refractivity contribution >= 4 is 6.21 Å². The fourth-order valence-electron chi connectivity index (χ4n) is 1.85. The Bertz CT molecular complexity index is 556. The number of ether oxygens (including phenoxy) is 2. The molecule has 1 aliphatic carbocycles. The van der Waals surface area contributed by atoms with E-state index >= 15 is 0 Å². The fraction of sp³-hybridized carbons (Fsp3) is 0.267. The van der Waals surface area contributed by atoms with Crippen LogP contribution in [-0.2, 0) is 0 Å². The van der Waals surface area contributed by atoms with E-state index in [1.165, 1.54) is 0 Å². The molecule has 0 amide bonds. The second-order valence-electron chi connectivity index (χ2n) is 4.64. The number of methoxy groups -OCH3 is 2. The predicted molar refractivity (Wildman–Crippen MR) is 80.1 cm³/mol. The van der Waals surface area contributed by atoms with E-state index in [1.807, 2.05) is 18.2 Å². The molecule has 1 aromatic carbocycles. The topological polar surface area (TPSA) is 82.9 Å². The maximum absolute atomic E-state index is 6.16. The molecular weight excluding hydrogens is 254 g/mol. The van der Waals surface area contributed by atoms with Gasteiger partial charge in [0.2, 0.25) is 0 Å². The second kappa shape index (κ2) is 5.79. The zero-order chi connectivity index (χ0) is 14.6. The minimum absolute atomic E-state index is 0.576. The largest absolute Gasteiger partial charge is 0.497 e. The van der Waals surface area contributed by atoms with Gasteiger partial charge in [0.1, 0.15) is 17.2 Å². The molecule has 0 heterocycles. The van der Waals surface area contributed by atoms with Crippen LogP contribution in [0, 0.1) is 0 Å². The standard InChI is InChI=1S/C15H19N3O2/c1-19-13-7-11(8-14(9-13)20-2)10-18-15(17)5-3-12(16)4-6-15/h3-5,7-10H,6,16-17H2,1-2H3. The first-order chi connectivity index (χ1) is 9.54. The third kappa shape index (κ3) is 3.39. The van der Waals surface area contributed by atoms with Crippen LogP contribution in [0.15, 0.2) is 47.1 Å². The zero-order valence-electron chi connectivity index (χ0n) is 11.7. The number of aliphatic imine (C=N–C) groups is 1. The van der Waals surface area contributed by atoms with Crippen molar-refractivity contribution in [2.75, 3.05) is 14.2 Å². The average molecular weight is 273 g/mol. The maximum atomic E-state index is 6.16. The Morgan fingerprint density at radius 3 is 2.35 bits per heavy atom. The summed E-state index contributed by atoms with van der Waals surface area (Å²) in [6.45, 7) is 0. The molecule has 0 radical (unpaired) electrons. The van der Waals surface area contributed by atoms with Gasteiger partial charge in [-0.1, -0.05) is 6.08 Å². The summed E-state index contributed by atoms with van der Waals surface area (Å²) in [4.78, 5) is 4.43. The second-order valence-corrected chi connectivity index (χ2v) is 4.64. The van der Waals surface area contributed by atoms with Gasteiger partial charge < -0.3 is 20.9 Å². The Hall–Kier alpha value is -2.27. The Morgan fingerprint density at radius 2 is 1.85 bits per heavy atom. The van der Waals surface area contributed by atoms with E-state index in [0.717, 1.165) is 5.56 Å². The van der Waals surface area contributed by atoms with Crippen LogP contribution in [0.25, 0.3) is 0 Å². The van der Waals surface area contributed by atoms with Gasteiger partial charge in [-0.3, -0.25) is 4.99 Å². The summed E-state index contributed by atoms with van der Waals surface area (Å²) in [5.74, 6) is 1.42. The Balaban J connectivity index is 2.21. The minimum Gasteiger partial charge on any atom is -0.497 e. The first-order valence-corrected chi connectivity index (χ1v) is 6.27. The molecule has 1 unspecified atom stereocenters. The Morgan fingerprint density at radius 1 is 1.20 bits per heavy atom. The number of hydrogen-bond donors (Lipinski definition) is 2. The van der Waals surface area contributed by atoms with Crippen molar-refractivity contribution in [3.8, 4) is 11.5 Å². The summed E-state index contributed by atoms with van der Waals surface area (Å²) in [5.41, 5.74) is 12.7. The number of benzene rings is 1. The van der Waals surface area contributed by atoms with Crippen LogP contribution >= 0.6 is 0 Å². The summed E-state index contributed by atoms with van der Waals surface area (Å²) < 4.78 is 10.4. The molecule has 0 fully saturated rings. The highest BCUT2D eigenvalue weighted by Gasteiger charge is 2.20. The van der Waals surface area contributed by atoms with Crippen molar-refractivity contribution in [2.24, 2.45) is 16.5 Å². The van der Waals surface area contributed by atoms with Crippen molar-refractivity contribution in [1.82, 2.24) is 0 Å². The molecule has 20 heavy (non-hydrogen) atoms. The van der Waals surface area contributed by atoms with Crippen molar-refractivity contribution in [3.63, 3.8) is 0 Å². The highest BCUT2D eigenvalue weighted by molar-refractivity contribution is 5.81. The number of nitrogens with zero attached hydrogens (tertiary/aromatic N) is 1. The van der Waals surface area contributed by atoms with Gasteiger partial charge in [-0.2, -0.15) is 0 Å². The summed E-state index contributed by atoms with van der Waals surface area (Å²) in [6.07, 6.45) is 7.73. The number of nitrogens with two attached hydrogens (primary N) is 2. The lowest BCUT2D eigenvalue weighted by molar-refractivity contribution is 0.394. The van der Waals surface area contributed by atoms with Crippen LogP contribution in [-0.4, -0.2) is 26.1 Å². The quantitative estimate of drug-likeness (QED) is 0.816. The average Bonchev–Trinajstić information content (AvgIpc) is 2.48. The molecule has 0 aliphatic heterocycles. The molecule has 5 nitrogen and oxygen atoms in total. The Labute approximate surface area is 118 Å². The van der Waals surface area contributed by atoms with Gasteiger partial charge in [0.25, 0.3) is 0 Å². The van der Waals surface area contributed by atoms with Crippen LogP contribution < -0.4 is 20.9 Å². The zero-order valence-corrected chi connectivity index (χ0v) is 11.7.